The van der Waals surface area contributed by atoms with Crippen molar-refractivity contribution < 1.29 is 0 Å². The SMILES string of the molecule is CCNC(C)(c1nccs1)C1(C)CC1. The van der Waals surface area contributed by atoms with Gasteiger partial charge in [-0.1, -0.05) is 13.8 Å². The molecule has 2 nitrogen and oxygen atoms in total. The number of rotatable bonds is 4. The molecular formula is C11H18N2S. The van der Waals surface area contributed by atoms with Crippen LogP contribution in [0, 0.1) is 5.41 Å². The van der Waals surface area contributed by atoms with Crippen molar-refractivity contribution in [1.29, 1.82) is 0 Å². The zero-order valence-electron chi connectivity index (χ0n) is 9.13. The van der Waals surface area contributed by atoms with Crippen LogP contribution in [0.15, 0.2) is 11.6 Å². The number of nitrogens with one attached hydrogen (secondary N) is 1. The van der Waals surface area contributed by atoms with Gasteiger partial charge in [-0.05, 0) is 31.7 Å². The van der Waals surface area contributed by atoms with E-state index in [0.29, 0.717) is 5.41 Å². The van der Waals surface area contributed by atoms with Gasteiger partial charge in [0.1, 0.15) is 5.01 Å². The smallest absolute Gasteiger partial charge is 0.113 e. The molecule has 0 spiro atoms. The van der Waals surface area contributed by atoms with Gasteiger partial charge in [0.25, 0.3) is 0 Å². The quantitative estimate of drug-likeness (QED) is 0.826. The number of nitrogens with zero attached hydrogens (tertiary/aromatic N) is 1. The molecule has 14 heavy (non-hydrogen) atoms. The minimum absolute atomic E-state index is 0.0793. The maximum atomic E-state index is 4.47. The van der Waals surface area contributed by atoms with Crippen molar-refractivity contribution in [3.63, 3.8) is 0 Å². The summed E-state index contributed by atoms with van der Waals surface area (Å²) in [6.45, 7) is 7.82. The maximum Gasteiger partial charge on any atom is 0.113 e. The highest BCUT2D eigenvalue weighted by Gasteiger charge is 2.54. The lowest BCUT2D eigenvalue weighted by atomic mass is 9.84. The lowest BCUT2D eigenvalue weighted by molar-refractivity contribution is 0.230. The molecule has 0 radical (unpaired) electrons. The van der Waals surface area contributed by atoms with Crippen LogP contribution in [0.25, 0.3) is 0 Å². The van der Waals surface area contributed by atoms with Crippen LogP contribution in [0.3, 0.4) is 0 Å². The molecule has 1 unspecified atom stereocenters. The van der Waals surface area contributed by atoms with E-state index in [0.717, 1.165) is 6.54 Å². The number of aromatic nitrogens is 1. The molecule has 0 saturated heterocycles. The molecule has 1 saturated carbocycles. The standard InChI is InChI=1S/C11H18N2S/c1-4-13-11(3,10(2)5-6-10)9-12-7-8-14-9/h7-8,13H,4-6H2,1-3H3. The zero-order valence-corrected chi connectivity index (χ0v) is 9.95. The van der Waals surface area contributed by atoms with E-state index < -0.39 is 0 Å². The van der Waals surface area contributed by atoms with E-state index in [1.807, 2.05) is 6.20 Å². The Morgan fingerprint density at radius 2 is 2.36 bits per heavy atom. The third kappa shape index (κ3) is 1.39. The highest BCUT2D eigenvalue weighted by atomic mass is 32.1. The molecule has 3 heteroatoms. The van der Waals surface area contributed by atoms with Gasteiger partial charge >= 0.3 is 0 Å². The first-order valence-electron chi connectivity index (χ1n) is 5.27. The van der Waals surface area contributed by atoms with E-state index in [1.165, 1.54) is 17.8 Å². The molecule has 1 aromatic rings. The van der Waals surface area contributed by atoms with Gasteiger partial charge < -0.3 is 5.32 Å². The van der Waals surface area contributed by atoms with E-state index in [2.05, 4.69) is 36.5 Å². The van der Waals surface area contributed by atoms with E-state index >= 15 is 0 Å². The summed E-state index contributed by atoms with van der Waals surface area (Å²) in [6.07, 6.45) is 4.54. The van der Waals surface area contributed by atoms with Crippen molar-refractivity contribution in [2.75, 3.05) is 6.54 Å². The summed E-state index contributed by atoms with van der Waals surface area (Å²) >= 11 is 1.76. The molecule has 1 aliphatic rings. The summed E-state index contributed by atoms with van der Waals surface area (Å²) < 4.78 is 0. The largest absolute Gasteiger partial charge is 0.305 e. The van der Waals surface area contributed by atoms with Crippen LogP contribution in [0.2, 0.25) is 0 Å². The predicted octanol–water partition coefficient (Wildman–Crippen LogP) is 2.77. The van der Waals surface area contributed by atoms with Gasteiger partial charge in [0.15, 0.2) is 0 Å². The van der Waals surface area contributed by atoms with Crippen LogP contribution in [0.4, 0.5) is 0 Å². The van der Waals surface area contributed by atoms with Gasteiger partial charge in [0.2, 0.25) is 0 Å². The summed E-state index contributed by atoms with van der Waals surface area (Å²) in [7, 11) is 0. The minimum Gasteiger partial charge on any atom is -0.305 e. The second-order valence-corrected chi connectivity index (χ2v) is 5.45. The summed E-state index contributed by atoms with van der Waals surface area (Å²) in [6, 6.07) is 0. The molecule has 0 aromatic carbocycles. The fourth-order valence-corrected chi connectivity index (χ4v) is 2.99. The van der Waals surface area contributed by atoms with Gasteiger partial charge in [-0.25, -0.2) is 4.98 Å². The first-order chi connectivity index (χ1) is 6.62. The van der Waals surface area contributed by atoms with Gasteiger partial charge in [0, 0.05) is 11.6 Å². The zero-order chi connectivity index (χ0) is 10.2. The minimum atomic E-state index is 0.0793. The number of hydrogen-bond donors (Lipinski definition) is 1. The van der Waals surface area contributed by atoms with Crippen LogP contribution < -0.4 is 5.32 Å². The normalized spacial score (nSPS) is 23.1. The van der Waals surface area contributed by atoms with Crippen LogP contribution >= 0.6 is 11.3 Å². The first kappa shape index (κ1) is 10.1. The van der Waals surface area contributed by atoms with E-state index in [9.17, 15) is 0 Å². The Bertz CT molecular complexity index is 303. The Kier molecular flexibility index (Phi) is 2.40. The topological polar surface area (TPSA) is 24.9 Å². The van der Waals surface area contributed by atoms with Crippen molar-refractivity contribution in [3.05, 3.63) is 16.6 Å². The summed E-state index contributed by atoms with van der Waals surface area (Å²) in [5, 5.41) is 6.91. The third-order valence-corrected chi connectivity index (χ3v) is 4.59. The van der Waals surface area contributed by atoms with Crippen LogP contribution in [0.5, 0.6) is 0 Å². The van der Waals surface area contributed by atoms with Gasteiger partial charge in [-0.3, -0.25) is 0 Å². The van der Waals surface area contributed by atoms with Gasteiger partial charge in [-0.15, -0.1) is 11.3 Å². The Hall–Kier alpha value is -0.410. The molecule has 1 N–H and O–H groups in total. The fraction of sp³-hybridized carbons (Fsp3) is 0.727. The van der Waals surface area contributed by atoms with Crippen LogP contribution in [-0.2, 0) is 5.54 Å². The van der Waals surface area contributed by atoms with E-state index in [-0.39, 0.29) is 5.54 Å². The highest BCUT2D eigenvalue weighted by Crippen LogP contribution is 2.57. The summed E-state index contributed by atoms with van der Waals surface area (Å²) in [5.41, 5.74) is 0.497. The summed E-state index contributed by atoms with van der Waals surface area (Å²) in [5.74, 6) is 0. The van der Waals surface area contributed by atoms with Gasteiger partial charge in [-0.2, -0.15) is 0 Å². The molecule has 1 atom stereocenters. The summed E-state index contributed by atoms with van der Waals surface area (Å²) in [4.78, 5) is 4.47. The lowest BCUT2D eigenvalue weighted by Gasteiger charge is -2.35. The molecule has 0 aliphatic heterocycles. The molecule has 2 rings (SSSR count). The molecular weight excluding hydrogens is 192 g/mol. The molecule has 0 bridgehead atoms. The average molecular weight is 210 g/mol. The van der Waals surface area contributed by atoms with Crippen molar-refractivity contribution in [1.82, 2.24) is 10.3 Å². The van der Waals surface area contributed by atoms with Gasteiger partial charge in [0.05, 0.1) is 5.54 Å². The molecule has 1 aliphatic carbocycles. The van der Waals surface area contributed by atoms with Crippen molar-refractivity contribution in [2.45, 2.75) is 39.2 Å². The highest BCUT2D eigenvalue weighted by molar-refractivity contribution is 7.09. The second-order valence-electron chi connectivity index (χ2n) is 4.55. The Balaban J connectivity index is 2.31. The van der Waals surface area contributed by atoms with E-state index in [1.54, 1.807) is 11.3 Å². The second kappa shape index (κ2) is 3.31. The molecule has 1 fully saturated rings. The monoisotopic (exact) mass is 210 g/mol. The van der Waals surface area contributed by atoms with Crippen LogP contribution in [-0.4, -0.2) is 11.5 Å². The fourth-order valence-electron chi connectivity index (χ4n) is 2.06. The van der Waals surface area contributed by atoms with Crippen LogP contribution in [0.1, 0.15) is 38.6 Å². The Morgan fingerprint density at radius 1 is 1.64 bits per heavy atom. The molecule has 0 amide bonds. The maximum absolute atomic E-state index is 4.47. The Labute approximate surface area is 89.8 Å². The molecule has 78 valence electrons. The van der Waals surface area contributed by atoms with Crippen molar-refractivity contribution in [2.24, 2.45) is 5.41 Å². The first-order valence-corrected chi connectivity index (χ1v) is 6.15. The van der Waals surface area contributed by atoms with Crippen molar-refractivity contribution >= 4 is 11.3 Å². The third-order valence-electron chi connectivity index (χ3n) is 3.60. The van der Waals surface area contributed by atoms with Crippen molar-refractivity contribution in [3.8, 4) is 0 Å². The lowest BCUT2D eigenvalue weighted by Crippen LogP contribution is -2.46. The molecule has 1 aromatic heterocycles. The Morgan fingerprint density at radius 3 is 2.79 bits per heavy atom. The molecule has 1 heterocycles. The number of hydrogen-bond acceptors (Lipinski definition) is 3. The predicted molar refractivity (Wildman–Crippen MR) is 60.5 cm³/mol. The average Bonchev–Trinajstić information content (AvgIpc) is 2.72. The number of thiazole rings is 1. The van der Waals surface area contributed by atoms with E-state index in [4.69, 9.17) is 0 Å².